The van der Waals surface area contributed by atoms with Gasteiger partial charge in [0.1, 0.15) is 17.2 Å². The summed E-state index contributed by atoms with van der Waals surface area (Å²) in [5.41, 5.74) is 9.70. The summed E-state index contributed by atoms with van der Waals surface area (Å²) in [6, 6.07) is 76.3. The monoisotopic (exact) mass is 978 g/mol. The first-order valence-electron chi connectivity index (χ1n) is 23.7. The van der Waals surface area contributed by atoms with Gasteiger partial charge in [0.05, 0.1) is 50.8 Å². The smallest absolute Gasteiger partial charge is 0.343 e. The second-order valence-electron chi connectivity index (χ2n) is 16.8. The highest BCUT2D eigenvalue weighted by molar-refractivity contribution is 6.02. The minimum atomic E-state index is -0.847. The van der Waals surface area contributed by atoms with Crippen LogP contribution in [0.4, 0.5) is 34.1 Å². The average molecular weight is 979 g/mol. The molecule has 0 aliphatic heterocycles. The van der Waals surface area contributed by atoms with Crippen LogP contribution >= 0.6 is 0 Å². The Labute approximate surface area is 431 Å². The van der Waals surface area contributed by atoms with Gasteiger partial charge in [-0.2, -0.15) is 30.7 Å². The summed E-state index contributed by atoms with van der Waals surface area (Å²) in [7, 11) is 0. The van der Waals surface area contributed by atoms with Gasteiger partial charge in [-0.3, -0.25) is 0 Å². The number of hydrogen-bond donors (Lipinski definition) is 0. The van der Waals surface area contributed by atoms with Crippen LogP contribution in [0.15, 0.2) is 285 Å². The third-order valence-electron chi connectivity index (χ3n) is 11.5. The van der Waals surface area contributed by atoms with E-state index >= 15 is 0 Å². The molecule has 0 N–H and O–H groups in total. The molecule has 0 bridgehead atoms. The SMILES string of the molecule is O=C(Oc1ccc(N=Nc2ccc(-c3ccccc3)cc2)cc1)c1cc(C(=O)Oc2ccc(N=Nc3ccc(-c4ccccc4)cc3)cc2)cc(C(=O)Oc2ccc(N=Nc3ccc(-c4ccccc4)cc3)cc2)c1. The first kappa shape index (κ1) is 48.1. The van der Waals surface area contributed by atoms with Crippen LogP contribution < -0.4 is 14.2 Å². The van der Waals surface area contributed by atoms with Crippen molar-refractivity contribution in [3.05, 3.63) is 271 Å². The van der Waals surface area contributed by atoms with Crippen LogP contribution in [-0.2, 0) is 0 Å². The summed E-state index contributed by atoms with van der Waals surface area (Å²) >= 11 is 0. The van der Waals surface area contributed by atoms with E-state index in [9.17, 15) is 14.4 Å². The van der Waals surface area contributed by atoms with E-state index in [1.165, 1.54) is 18.2 Å². The third-order valence-corrected chi connectivity index (χ3v) is 11.5. The molecular weight excluding hydrogens is 937 g/mol. The molecule has 0 atom stereocenters. The van der Waals surface area contributed by atoms with E-state index < -0.39 is 17.9 Å². The second kappa shape index (κ2) is 23.1. The minimum absolute atomic E-state index is 0.112. The first-order valence-corrected chi connectivity index (χ1v) is 23.7. The maximum Gasteiger partial charge on any atom is 0.343 e. The molecule has 12 nitrogen and oxygen atoms in total. The zero-order chi connectivity index (χ0) is 51.2. The van der Waals surface area contributed by atoms with E-state index in [2.05, 4.69) is 30.7 Å². The van der Waals surface area contributed by atoms with Crippen LogP contribution in [0.2, 0.25) is 0 Å². The molecule has 75 heavy (non-hydrogen) atoms. The molecule has 0 amide bonds. The van der Waals surface area contributed by atoms with Crippen molar-refractivity contribution >= 4 is 52.0 Å². The molecule has 10 aromatic carbocycles. The number of nitrogens with zero attached hydrogens (tertiary/aromatic N) is 6. The standard InChI is InChI=1S/C63H42N6O6/c70-61(73-58-34-28-55(29-35-58)67-64-52-22-16-46(17-23-52)43-10-4-1-5-11-43)49-40-50(62(71)74-59-36-30-56(31-37-59)68-65-53-24-18-47(19-25-53)44-12-6-2-7-13-44)42-51(41-49)63(72)75-60-38-32-57(33-39-60)69-66-54-26-20-48(21-27-54)45-14-8-3-9-15-45/h1-42H. The van der Waals surface area contributed by atoms with E-state index in [4.69, 9.17) is 14.2 Å². The Bertz CT molecular complexity index is 3260. The lowest BCUT2D eigenvalue weighted by Crippen LogP contribution is -2.16. The van der Waals surface area contributed by atoms with Crippen LogP contribution in [0, 0.1) is 0 Å². The van der Waals surface area contributed by atoms with E-state index in [-0.39, 0.29) is 33.9 Å². The number of azo groups is 3. The Morgan fingerprint density at radius 2 is 0.413 bits per heavy atom. The molecule has 0 unspecified atom stereocenters. The number of carbonyl (C=O) groups is 3. The molecule has 10 aromatic rings. The van der Waals surface area contributed by atoms with Crippen LogP contribution in [0.25, 0.3) is 33.4 Å². The van der Waals surface area contributed by atoms with Gasteiger partial charge in [0, 0.05) is 0 Å². The number of ether oxygens (including phenoxy) is 3. The lowest BCUT2D eigenvalue weighted by atomic mass is 10.1. The molecule has 0 saturated heterocycles. The number of hydrogen-bond acceptors (Lipinski definition) is 12. The highest BCUT2D eigenvalue weighted by atomic mass is 16.5. The summed E-state index contributed by atoms with van der Waals surface area (Å²) in [5.74, 6) is -1.98. The highest BCUT2D eigenvalue weighted by Gasteiger charge is 2.21. The molecule has 0 radical (unpaired) electrons. The molecule has 0 aromatic heterocycles. The molecule has 0 aliphatic rings. The Kier molecular flexibility index (Phi) is 14.8. The van der Waals surface area contributed by atoms with Gasteiger partial charge < -0.3 is 14.2 Å². The normalized spacial score (nSPS) is 11.2. The predicted octanol–water partition coefficient (Wildman–Crippen LogP) is 17.6. The van der Waals surface area contributed by atoms with E-state index in [0.717, 1.165) is 33.4 Å². The Balaban J connectivity index is 0.823. The first-order chi connectivity index (χ1) is 36.8. The van der Waals surface area contributed by atoms with E-state index in [0.29, 0.717) is 34.1 Å². The van der Waals surface area contributed by atoms with Crippen molar-refractivity contribution in [1.82, 2.24) is 0 Å². The molecule has 360 valence electrons. The molecule has 10 rings (SSSR count). The highest BCUT2D eigenvalue weighted by Crippen LogP contribution is 2.30. The summed E-state index contributed by atoms with van der Waals surface area (Å²) < 4.78 is 17.1. The maximum absolute atomic E-state index is 13.8. The van der Waals surface area contributed by atoms with E-state index in [1.54, 1.807) is 72.8 Å². The van der Waals surface area contributed by atoms with Gasteiger partial charge in [-0.25, -0.2) is 14.4 Å². The number of carbonyl (C=O) groups excluding carboxylic acids is 3. The number of rotatable bonds is 15. The van der Waals surface area contributed by atoms with Crippen LogP contribution in [0.1, 0.15) is 31.1 Å². The topological polar surface area (TPSA) is 153 Å². The van der Waals surface area contributed by atoms with Crippen molar-refractivity contribution in [3.63, 3.8) is 0 Å². The summed E-state index contributed by atoms with van der Waals surface area (Å²) in [4.78, 5) is 41.3. The van der Waals surface area contributed by atoms with Crippen LogP contribution in [-0.4, -0.2) is 17.9 Å². The van der Waals surface area contributed by atoms with Crippen molar-refractivity contribution in [1.29, 1.82) is 0 Å². The van der Waals surface area contributed by atoms with Gasteiger partial charge in [-0.05, 0) is 161 Å². The molecular formula is C63H42N6O6. The van der Waals surface area contributed by atoms with Crippen molar-refractivity contribution in [2.45, 2.75) is 0 Å². The molecule has 0 saturated carbocycles. The van der Waals surface area contributed by atoms with Gasteiger partial charge in [0.15, 0.2) is 0 Å². The van der Waals surface area contributed by atoms with Gasteiger partial charge >= 0.3 is 17.9 Å². The number of benzene rings is 10. The van der Waals surface area contributed by atoms with Crippen LogP contribution in [0.5, 0.6) is 17.2 Å². The number of esters is 3. The zero-order valence-corrected chi connectivity index (χ0v) is 39.9. The molecule has 0 aliphatic carbocycles. The van der Waals surface area contributed by atoms with Gasteiger partial charge in [0.2, 0.25) is 0 Å². The average Bonchev–Trinajstić information content (AvgIpc) is 3.47. The minimum Gasteiger partial charge on any atom is -0.423 e. The quantitative estimate of drug-likeness (QED) is 0.0566. The molecule has 12 heteroatoms. The third kappa shape index (κ3) is 12.9. The van der Waals surface area contributed by atoms with E-state index in [1.807, 2.05) is 164 Å². The summed E-state index contributed by atoms with van der Waals surface area (Å²) in [6.45, 7) is 0. The second-order valence-corrected chi connectivity index (χ2v) is 16.8. The predicted molar refractivity (Wildman–Crippen MR) is 289 cm³/mol. The summed E-state index contributed by atoms with van der Waals surface area (Å²) in [6.07, 6.45) is 0. The van der Waals surface area contributed by atoms with Crippen molar-refractivity contribution in [3.8, 4) is 50.6 Å². The Hall–Kier alpha value is -10.6. The lowest BCUT2D eigenvalue weighted by molar-refractivity contribution is 0.0734. The molecule has 0 spiro atoms. The fourth-order valence-electron chi connectivity index (χ4n) is 7.62. The fourth-order valence-corrected chi connectivity index (χ4v) is 7.62. The largest absolute Gasteiger partial charge is 0.423 e. The zero-order valence-electron chi connectivity index (χ0n) is 39.9. The lowest BCUT2D eigenvalue weighted by Gasteiger charge is -2.11. The van der Waals surface area contributed by atoms with Crippen molar-refractivity contribution in [2.24, 2.45) is 30.7 Å². The molecule has 0 heterocycles. The maximum atomic E-state index is 13.8. The summed E-state index contributed by atoms with van der Waals surface area (Å²) in [5, 5.41) is 26.0. The van der Waals surface area contributed by atoms with Gasteiger partial charge in [0.25, 0.3) is 0 Å². The van der Waals surface area contributed by atoms with Crippen molar-refractivity contribution < 1.29 is 28.6 Å². The van der Waals surface area contributed by atoms with Gasteiger partial charge in [-0.1, -0.05) is 127 Å². The van der Waals surface area contributed by atoms with Crippen molar-refractivity contribution in [2.75, 3.05) is 0 Å². The molecule has 0 fully saturated rings. The van der Waals surface area contributed by atoms with Crippen LogP contribution in [0.3, 0.4) is 0 Å². The fraction of sp³-hybridized carbons (Fsp3) is 0. The van der Waals surface area contributed by atoms with Gasteiger partial charge in [-0.15, -0.1) is 0 Å². The Morgan fingerprint density at radius 3 is 0.627 bits per heavy atom. The Morgan fingerprint density at radius 1 is 0.227 bits per heavy atom.